The highest BCUT2D eigenvalue weighted by molar-refractivity contribution is 9.10. The highest BCUT2D eigenvalue weighted by Crippen LogP contribution is 2.35. The molecule has 1 aromatic carbocycles. The summed E-state index contributed by atoms with van der Waals surface area (Å²) in [6.45, 7) is 0.837. The van der Waals surface area contributed by atoms with Crippen molar-refractivity contribution in [2.45, 2.75) is 19.0 Å². The maximum Gasteiger partial charge on any atom is 0.416 e. The van der Waals surface area contributed by atoms with Gasteiger partial charge >= 0.3 is 6.18 Å². The van der Waals surface area contributed by atoms with Gasteiger partial charge in [0.05, 0.1) is 5.56 Å². The van der Waals surface area contributed by atoms with Gasteiger partial charge in [-0.05, 0) is 52.9 Å². The Kier molecular flexibility index (Phi) is 3.15. The van der Waals surface area contributed by atoms with Gasteiger partial charge in [-0.3, -0.25) is 0 Å². The lowest BCUT2D eigenvalue weighted by Gasteiger charge is -2.11. The third-order valence-corrected chi connectivity index (χ3v) is 3.23. The topological polar surface area (TPSA) is 12.0 Å². The molecule has 0 aromatic heterocycles. The van der Waals surface area contributed by atoms with Gasteiger partial charge in [0.2, 0.25) is 0 Å². The minimum Gasteiger partial charge on any atom is -0.384 e. The molecule has 0 heterocycles. The standard InChI is InChI=1S/C11H11BrF3N/c12-9-5-8(11(13,14)15)3-4-10(9)16-6-7-1-2-7/h3-5,7,16H,1-2,6H2. The first-order valence-corrected chi connectivity index (χ1v) is 5.87. The number of hydrogen-bond acceptors (Lipinski definition) is 1. The Balaban J connectivity index is 2.09. The second-order valence-electron chi connectivity index (χ2n) is 4.02. The molecule has 88 valence electrons. The van der Waals surface area contributed by atoms with E-state index in [0.29, 0.717) is 10.4 Å². The molecule has 0 atom stereocenters. The molecule has 1 nitrogen and oxygen atoms in total. The number of anilines is 1. The Morgan fingerprint density at radius 2 is 2.00 bits per heavy atom. The number of nitrogens with one attached hydrogen (secondary N) is 1. The Labute approximate surface area is 100 Å². The molecule has 0 saturated heterocycles. The Morgan fingerprint density at radius 3 is 2.50 bits per heavy atom. The fraction of sp³-hybridized carbons (Fsp3) is 0.455. The first kappa shape index (κ1) is 11.8. The predicted octanol–water partition coefficient (Wildman–Crippen LogP) is 4.29. The summed E-state index contributed by atoms with van der Waals surface area (Å²) in [5.74, 6) is 0.689. The van der Waals surface area contributed by atoms with Gasteiger partial charge in [-0.1, -0.05) is 0 Å². The van der Waals surface area contributed by atoms with Gasteiger partial charge < -0.3 is 5.32 Å². The van der Waals surface area contributed by atoms with Crippen LogP contribution in [0.1, 0.15) is 18.4 Å². The molecule has 5 heteroatoms. The summed E-state index contributed by atoms with van der Waals surface area (Å²) < 4.78 is 37.6. The maximum atomic E-state index is 12.4. The zero-order chi connectivity index (χ0) is 11.8. The van der Waals surface area contributed by atoms with E-state index in [1.807, 2.05) is 0 Å². The van der Waals surface area contributed by atoms with Crippen molar-refractivity contribution < 1.29 is 13.2 Å². The lowest BCUT2D eigenvalue weighted by Crippen LogP contribution is -2.07. The zero-order valence-electron chi connectivity index (χ0n) is 8.44. The van der Waals surface area contributed by atoms with Crippen molar-refractivity contribution >= 4 is 21.6 Å². The normalized spacial score (nSPS) is 16.2. The molecule has 16 heavy (non-hydrogen) atoms. The minimum absolute atomic E-state index is 0.461. The van der Waals surface area contributed by atoms with Gasteiger partial charge in [0.25, 0.3) is 0 Å². The summed E-state index contributed by atoms with van der Waals surface area (Å²) in [7, 11) is 0. The van der Waals surface area contributed by atoms with E-state index in [9.17, 15) is 13.2 Å². The van der Waals surface area contributed by atoms with E-state index in [1.54, 1.807) is 0 Å². The lowest BCUT2D eigenvalue weighted by atomic mass is 10.2. The summed E-state index contributed by atoms with van der Waals surface area (Å²) >= 11 is 3.15. The van der Waals surface area contributed by atoms with Crippen molar-refractivity contribution in [1.82, 2.24) is 0 Å². The fourth-order valence-corrected chi connectivity index (χ4v) is 1.93. The van der Waals surface area contributed by atoms with Gasteiger partial charge in [-0.25, -0.2) is 0 Å². The minimum atomic E-state index is -4.28. The number of rotatable bonds is 3. The van der Waals surface area contributed by atoms with Crippen molar-refractivity contribution in [3.63, 3.8) is 0 Å². The van der Waals surface area contributed by atoms with Crippen molar-refractivity contribution in [2.75, 3.05) is 11.9 Å². The molecule has 1 saturated carbocycles. The highest BCUT2D eigenvalue weighted by Gasteiger charge is 2.30. The van der Waals surface area contributed by atoms with E-state index in [2.05, 4.69) is 21.2 Å². The molecule has 1 fully saturated rings. The van der Waals surface area contributed by atoms with Crippen LogP contribution in [-0.2, 0) is 6.18 Å². The van der Waals surface area contributed by atoms with Crippen molar-refractivity contribution in [1.29, 1.82) is 0 Å². The Morgan fingerprint density at radius 1 is 1.31 bits per heavy atom. The second-order valence-corrected chi connectivity index (χ2v) is 4.87. The molecule has 1 aliphatic carbocycles. The predicted molar refractivity (Wildman–Crippen MR) is 60.4 cm³/mol. The largest absolute Gasteiger partial charge is 0.416 e. The number of halogens is 4. The maximum absolute atomic E-state index is 12.4. The monoisotopic (exact) mass is 293 g/mol. The Hall–Kier alpha value is -0.710. The molecular weight excluding hydrogens is 283 g/mol. The lowest BCUT2D eigenvalue weighted by molar-refractivity contribution is -0.137. The van der Waals surface area contributed by atoms with Crippen LogP contribution >= 0.6 is 15.9 Å². The second kappa shape index (κ2) is 4.28. The summed E-state index contributed by atoms with van der Waals surface area (Å²) in [6, 6.07) is 3.67. The van der Waals surface area contributed by atoms with Crippen LogP contribution in [0.25, 0.3) is 0 Å². The highest BCUT2D eigenvalue weighted by atomic mass is 79.9. The third kappa shape index (κ3) is 2.90. The van der Waals surface area contributed by atoms with E-state index >= 15 is 0 Å². The van der Waals surface area contributed by atoms with Crippen LogP contribution in [0.15, 0.2) is 22.7 Å². The fourth-order valence-electron chi connectivity index (χ4n) is 1.41. The number of hydrogen-bond donors (Lipinski definition) is 1. The van der Waals surface area contributed by atoms with Crippen molar-refractivity contribution in [3.05, 3.63) is 28.2 Å². The van der Waals surface area contributed by atoms with Crippen LogP contribution in [0, 0.1) is 5.92 Å². The molecule has 0 radical (unpaired) electrons. The quantitative estimate of drug-likeness (QED) is 0.877. The Bertz CT molecular complexity index is 385. The van der Waals surface area contributed by atoms with Crippen LogP contribution in [0.3, 0.4) is 0 Å². The first-order chi connectivity index (χ1) is 7.47. The van der Waals surface area contributed by atoms with Gasteiger partial charge in [0.1, 0.15) is 0 Å². The summed E-state index contributed by atoms with van der Waals surface area (Å²) in [6.07, 6.45) is -1.85. The zero-order valence-corrected chi connectivity index (χ0v) is 10.0. The van der Waals surface area contributed by atoms with Gasteiger partial charge in [-0.2, -0.15) is 13.2 Å². The number of alkyl halides is 3. The van der Waals surface area contributed by atoms with E-state index in [1.165, 1.54) is 18.9 Å². The average molecular weight is 294 g/mol. The molecule has 1 N–H and O–H groups in total. The van der Waals surface area contributed by atoms with E-state index in [4.69, 9.17) is 0 Å². The van der Waals surface area contributed by atoms with Crippen LogP contribution < -0.4 is 5.32 Å². The van der Waals surface area contributed by atoms with Gasteiger partial charge in [0.15, 0.2) is 0 Å². The van der Waals surface area contributed by atoms with Crippen molar-refractivity contribution in [2.24, 2.45) is 5.92 Å². The molecule has 1 aromatic rings. The third-order valence-electron chi connectivity index (χ3n) is 2.57. The number of benzene rings is 1. The van der Waals surface area contributed by atoms with Crippen LogP contribution in [-0.4, -0.2) is 6.54 Å². The molecule has 1 aliphatic rings. The van der Waals surface area contributed by atoms with E-state index in [-0.39, 0.29) is 0 Å². The van der Waals surface area contributed by atoms with Crippen molar-refractivity contribution in [3.8, 4) is 0 Å². The van der Waals surface area contributed by atoms with Gasteiger partial charge in [0, 0.05) is 16.7 Å². The molecule has 0 unspecified atom stereocenters. The SMILES string of the molecule is FC(F)(F)c1ccc(NCC2CC2)c(Br)c1. The molecule has 2 rings (SSSR count). The van der Waals surface area contributed by atoms with E-state index < -0.39 is 11.7 Å². The van der Waals surface area contributed by atoms with Crippen LogP contribution in [0.4, 0.5) is 18.9 Å². The molecule has 0 aliphatic heterocycles. The average Bonchev–Trinajstić information content (AvgIpc) is 2.98. The molecular formula is C11H11BrF3N. The molecule has 0 spiro atoms. The van der Waals surface area contributed by atoms with Gasteiger partial charge in [-0.15, -0.1) is 0 Å². The first-order valence-electron chi connectivity index (χ1n) is 5.07. The summed E-state index contributed by atoms with van der Waals surface area (Å²) in [5.41, 5.74) is 0.0937. The molecule has 0 bridgehead atoms. The van der Waals surface area contributed by atoms with E-state index in [0.717, 1.165) is 24.4 Å². The van der Waals surface area contributed by atoms with Crippen LogP contribution in [0.2, 0.25) is 0 Å². The smallest absolute Gasteiger partial charge is 0.384 e. The molecule has 0 amide bonds. The summed E-state index contributed by atoms with van der Waals surface area (Å²) in [4.78, 5) is 0. The summed E-state index contributed by atoms with van der Waals surface area (Å²) in [5, 5.41) is 3.14. The van der Waals surface area contributed by atoms with Crippen LogP contribution in [0.5, 0.6) is 0 Å².